The number of aromatic nitrogens is 4. The predicted molar refractivity (Wildman–Crippen MR) is 68.8 cm³/mol. The molecule has 1 amide bonds. The van der Waals surface area contributed by atoms with E-state index in [1.54, 1.807) is 14.1 Å². The summed E-state index contributed by atoms with van der Waals surface area (Å²) in [5.74, 6) is -0.431. The molecule has 0 unspecified atom stereocenters. The smallest absolute Gasteiger partial charge is 0.343 e. The highest BCUT2D eigenvalue weighted by molar-refractivity contribution is 6.31. The van der Waals surface area contributed by atoms with Crippen LogP contribution in [0.3, 0.4) is 0 Å². The molecule has 0 N–H and O–H groups in total. The number of halogens is 1. The average Bonchev–Trinajstić information content (AvgIpc) is 2.86. The van der Waals surface area contributed by atoms with Crippen LogP contribution in [0, 0.1) is 10.1 Å². The zero-order chi connectivity index (χ0) is 14.9. The normalized spacial score (nSPS) is 10.3. The standard InChI is InChI=1S/C10H9ClN6O3/c1-15(2)10(18)6-3-4-16(14-6)9-7(17(19)20)8(11)12-5-13-9/h3-5H,1-2H3. The summed E-state index contributed by atoms with van der Waals surface area (Å²) < 4.78 is 1.11. The number of carbonyl (C=O) groups excluding carboxylic acids is 1. The molecule has 2 aromatic rings. The van der Waals surface area contributed by atoms with Crippen molar-refractivity contribution in [2.75, 3.05) is 14.1 Å². The Morgan fingerprint density at radius 1 is 1.45 bits per heavy atom. The van der Waals surface area contributed by atoms with Crippen molar-refractivity contribution >= 4 is 23.2 Å². The Bertz CT molecular complexity index is 683. The van der Waals surface area contributed by atoms with Gasteiger partial charge in [0.2, 0.25) is 11.0 Å². The minimum absolute atomic E-state index is 0.104. The van der Waals surface area contributed by atoms with Crippen molar-refractivity contribution in [1.82, 2.24) is 24.6 Å². The topological polar surface area (TPSA) is 107 Å². The van der Waals surface area contributed by atoms with E-state index in [-0.39, 0.29) is 22.6 Å². The summed E-state index contributed by atoms with van der Waals surface area (Å²) in [6, 6.07) is 1.43. The minimum Gasteiger partial charge on any atom is -0.343 e. The molecule has 0 aromatic carbocycles. The first kappa shape index (κ1) is 13.9. The van der Waals surface area contributed by atoms with Crippen LogP contribution in [0.5, 0.6) is 0 Å². The lowest BCUT2D eigenvalue weighted by molar-refractivity contribution is -0.385. The molecule has 2 heterocycles. The maximum absolute atomic E-state index is 11.7. The molecule has 104 valence electrons. The maximum atomic E-state index is 11.7. The summed E-state index contributed by atoms with van der Waals surface area (Å²) in [5, 5.41) is 14.7. The highest BCUT2D eigenvalue weighted by atomic mass is 35.5. The van der Waals surface area contributed by atoms with Gasteiger partial charge in [0.1, 0.15) is 6.33 Å². The van der Waals surface area contributed by atoms with Gasteiger partial charge in [-0.3, -0.25) is 14.9 Å². The summed E-state index contributed by atoms with van der Waals surface area (Å²) in [7, 11) is 3.15. The molecule has 20 heavy (non-hydrogen) atoms. The molecule has 10 heteroatoms. The van der Waals surface area contributed by atoms with E-state index >= 15 is 0 Å². The molecule has 0 aliphatic carbocycles. The van der Waals surface area contributed by atoms with Gasteiger partial charge in [-0.15, -0.1) is 0 Å². The lowest BCUT2D eigenvalue weighted by atomic mass is 10.4. The molecular weight excluding hydrogens is 288 g/mol. The number of rotatable bonds is 3. The van der Waals surface area contributed by atoms with Gasteiger partial charge in [-0.25, -0.2) is 14.6 Å². The second-order valence-electron chi connectivity index (χ2n) is 3.94. The Morgan fingerprint density at radius 2 is 2.15 bits per heavy atom. The third-order valence-corrected chi connectivity index (χ3v) is 2.65. The van der Waals surface area contributed by atoms with Crippen molar-refractivity contribution < 1.29 is 9.72 Å². The molecule has 0 fully saturated rings. The zero-order valence-corrected chi connectivity index (χ0v) is 11.3. The van der Waals surface area contributed by atoms with Gasteiger partial charge in [-0.05, 0) is 6.07 Å². The molecule has 0 aliphatic rings. The highest BCUT2D eigenvalue weighted by Gasteiger charge is 2.24. The third kappa shape index (κ3) is 2.43. The molecule has 0 saturated carbocycles. The van der Waals surface area contributed by atoms with Crippen LogP contribution in [0.15, 0.2) is 18.6 Å². The van der Waals surface area contributed by atoms with Crippen molar-refractivity contribution in [2.45, 2.75) is 0 Å². The summed E-state index contributed by atoms with van der Waals surface area (Å²) in [6.07, 6.45) is 2.47. The molecule has 2 aromatic heterocycles. The Hall–Kier alpha value is -2.55. The second-order valence-corrected chi connectivity index (χ2v) is 4.30. The van der Waals surface area contributed by atoms with Crippen LogP contribution in [0.2, 0.25) is 5.15 Å². The average molecular weight is 297 g/mol. The van der Waals surface area contributed by atoms with Crippen molar-refractivity contribution in [3.8, 4) is 5.82 Å². The molecule has 0 bridgehead atoms. The SMILES string of the molecule is CN(C)C(=O)c1ccn(-c2ncnc(Cl)c2[N+](=O)[O-])n1. The second kappa shape index (κ2) is 5.21. The van der Waals surface area contributed by atoms with E-state index < -0.39 is 10.6 Å². The van der Waals surface area contributed by atoms with E-state index in [0.717, 1.165) is 11.0 Å². The first-order valence-electron chi connectivity index (χ1n) is 5.34. The van der Waals surface area contributed by atoms with Crippen LogP contribution in [-0.2, 0) is 0 Å². The van der Waals surface area contributed by atoms with E-state index in [2.05, 4.69) is 15.1 Å². The third-order valence-electron chi connectivity index (χ3n) is 2.37. The van der Waals surface area contributed by atoms with Crippen LogP contribution in [-0.4, -0.2) is 49.6 Å². The summed E-state index contributed by atoms with van der Waals surface area (Å²) in [6.45, 7) is 0. The van der Waals surface area contributed by atoms with E-state index in [1.165, 1.54) is 17.2 Å². The van der Waals surface area contributed by atoms with Gasteiger partial charge in [0.05, 0.1) is 4.92 Å². The Kier molecular flexibility index (Phi) is 3.61. The first-order chi connectivity index (χ1) is 9.41. The van der Waals surface area contributed by atoms with Crippen LogP contribution >= 0.6 is 11.6 Å². The Morgan fingerprint density at radius 3 is 2.75 bits per heavy atom. The fraction of sp³-hybridized carbons (Fsp3) is 0.200. The van der Waals surface area contributed by atoms with Gasteiger partial charge in [-0.1, -0.05) is 11.6 Å². The number of hydrogen-bond donors (Lipinski definition) is 0. The lowest BCUT2D eigenvalue weighted by Gasteiger charge is -2.07. The van der Waals surface area contributed by atoms with Gasteiger partial charge in [0, 0.05) is 20.3 Å². The van der Waals surface area contributed by atoms with Crippen LogP contribution < -0.4 is 0 Å². The molecule has 2 rings (SSSR count). The van der Waals surface area contributed by atoms with Crippen molar-refractivity contribution in [3.05, 3.63) is 39.6 Å². The quantitative estimate of drug-likeness (QED) is 0.473. The Labute approximate surface area is 118 Å². The van der Waals surface area contributed by atoms with Crippen molar-refractivity contribution in [3.63, 3.8) is 0 Å². The Balaban J connectivity index is 2.51. The number of nitrogens with zero attached hydrogens (tertiary/aromatic N) is 6. The van der Waals surface area contributed by atoms with Gasteiger partial charge < -0.3 is 4.90 Å². The maximum Gasteiger partial charge on any atom is 0.350 e. The molecule has 0 spiro atoms. The van der Waals surface area contributed by atoms with Crippen LogP contribution in [0.1, 0.15) is 10.5 Å². The fourth-order valence-corrected chi connectivity index (χ4v) is 1.66. The lowest BCUT2D eigenvalue weighted by Crippen LogP contribution is -2.22. The van der Waals surface area contributed by atoms with Gasteiger partial charge in [0.15, 0.2) is 5.69 Å². The number of hydrogen-bond acceptors (Lipinski definition) is 6. The summed E-state index contributed by atoms with van der Waals surface area (Å²) >= 11 is 5.69. The van der Waals surface area contributed by atoms with E-state index in [9.17, 15) is 14.9 Å². The van der Waals surface area contributed by atoms with Crippen LogP contribution in [0.25, 0.3) is 5.82 Å². The molecule has 0 saturated heterocycles. The number of carbonyl (C=O) groups is 1. The van der Waals surface area contributed by atoms with Gasteiger partial charge in [0.25, 0.3) is 5.91 Å². The largest absolute Gasteiger partial charge is 0.350 e. The van der Waals surface area contributed by atoms with Crippen LogP contribution in [0.4, 0.5) is 5.69 Å². The monoisotopic (exact) mass is 296 g/mol. The summed E-state index contributed by atoms with van der Waals surface area (Å²) in [5.41, 5.74) is -0.333. The molecule has 0 radical (unpaired) electrons. The molecule has 0 atom stereocenters. The van der Waals surface area contributed by atoms with Gasteiger partial charge in [-0.2, -0.15) is 5.10 Å². The first-order valence-corrected chi connectivity index (χ1v) is 5.72. The van der Waals surface area contributed by atoms with Crippen molar-refractivity contribution in [2.24, 2.45) is 0 Å². The minimum atomic E-state index is -0.702. The molecule has 9 nitrogen and oxygen atoms in total. The summed E-state index contributed by atoms with van der Waals surface area (Å²) in [4.78, 5) is 30.7. The molecular formula is C10H9ClN6O3. The number of amides is 1. The predicted octanol–water partition coefficient (Wildman–Crippen LogP) is 0.926. The van der Waals surface area contributed by atoms with Gasteiger partial charge >= 0.3 is 5.69 Å². The number of nitro groups is 1. The molecule has 0 aliphatic heterocycles. The van der Waals surface area contributed by atoms with Crippen molar-refractivity contribution in [1.29, 1.82) is 0 Å². The highest BCUT2D eigenvalue weighted by Crippen LogP contribution is 2.26. The van der Waals surface area contributed by atoms with E-state index in [0.29, 0.717) is 0 Å². The van der Waals surface area contributed by atoms with E-state index in [4.69, 9.17) is 11.6 Å². The van der Waals surface area contributed by atoms with E-state index in [1.807, 2.05) is 0 Å². The zero-order valence-electron chi connectivity index (χ0n) is 10.5. The fourth-order valence-electron chi connectivity index (χ4n) is 1.46.